The van der Waals surface area contributed by atoms with E-state index in [0.717, 1.165) is 10.6 Å². The maximum Gasteiger partial charge on any atom is 0.0478 e. The molecule has 3 radical (unpaired) electrons. The van der Waals surface area contributed by atoms with Gasteiger partial charge in [0.25, 0.3) is 0 Å². The van der Waals surface area contributed by atoms with E-state index in [1.807, 2.05) is 24.3 Å². The second kappa shape index (κ2) is 4.58. The van der Waals surface area contributed by atoms with Gasteiger partial charge in [-0.2, -0.15) is 0 Å². The second-order valence-electron chi connectivity index (χ2n) is 1.73. The highest BCUT2D eigenvalue weighted by Crippen LogP contribution is 2.14. The number of hydrogen-bond acceptors (Lipinski definition) is 0. The van der Waals surface area contributed by atoms with Crippen LogP contribution in [0.5, 0.6) is 0 Å². The highest BCUT2D eigenvalue weighted by Gasteiger charge is 1.89. The lowest BCUT2D eigenvalue weighted by Gasteiger charge is -1.92. The number of halogens is 1. The molecule has 0 fully saturated rings. The fraction of sp³-hybridized carbons (Fsp3) is 0. The van der Waals surface area contributed by atoms with Gasteiger partial charge in [0.15, 0.2) is 0 Å². The van der Waals surface area contributed by atoms with Crippen molar-refractivity contribution in [3.8, 4) is 0 Å². The van der Waals surface area contributed by atoms with Gasteiger partial charge >= 0.3 is 0 Å². The minimum absolute atomic E-state index is 0. The molecule has 1 rings (SSSR count). The van der Waals surface area contributed by atoms with Gasteiger partial charge in [0.2, 0.25) is 0 Å². The van der Waals surface area contributed by atoms with Crippen molar-refractivity contribution < 1.29 is 0 Å². The molecule has 0 heterocycles. The van der Waals surface area contributed by atoms with Gasteiger partial charge in [-0.05, 0) is 11.6 Å². The van der Waals surface area contributed by atoms with E-state index in [2.05, 4.69) is 6.58 Å². The smallest absolute Gasteiger partial charge is 0.0478 e. The third-order valence-corrected chi connectivity index (χ3v) is 1.47. The fourth-order valence-electron chi connectivity index (χ4n) is 0.641. The van der Waals surface area contributed by atoms with E-state index in [4.69, 9.17) is 11.6 Å². The molecule has 0 aliphatic heterocycles. The molecule has 0 saturated carbocycles. The summed E-state index contributed by atoms with van der Waals surface area (Å²) in [5.74, 6) is 0. The lowest BCUT2D eigenvalue weighted by atomic mass is 10.2. The molecule has 0 bridgehead atoms. The summed E-state index contributed by atoms with van der Waals surface area (Å²) >= 11 is 5.75. The van der Waals surface area contributed by atoms with E-state index in [9.17, 15) is 0 Å². The minimum Gasteiger partial charge on any atom is -0.0984 e. The van der Waals surface area contributed by atoms with Crippen molar-refractivity contribution in [2.24, 2.45) is 0 Å². The van der Waals surface area contributed by atoms with Crippen LogP contribution in [-0.4, -0.2) is 17.4 Å². The van der Waals surface area contributed by atoms with Crippen LogP contribution in [0.4, 0.5) is 0 Å². The highest BCUT2D eigenvalue weighted by molar-refractivity contribution is 6.32. The largest absolute Gasteiger partial charge is 0.0984 e. The van der Waals surface area contributed by atoms with Crippen LogP contribution >= 0.6 is 11.6 Å². The summed E-state index contributed by atoms with van der Waals surface area (Å²) in [6.45, 7) is 3.61. The Balaban J connectivity index is 0.000000810. The molecule has 0 aliphatic carbocycles. The molecule has 0 N–H and O–H groups in total. The van der Waals surface area contributed by atoms with Crippen molar-refractivity contribution in [1.29, 1.82) is 0 Å². The third-order valence-electron chi connectivity index (χ3n) is 1.13. The lowest BCUT2D eigenvalue weighted by molar-refractivity contribution is 1.66. The summed E-state index contributed by atoms with van der Waals surface area (Å²) in [7, 11) is 0. The Labute approximate surface area is 76.6 Å². The van der Waals surface area contributed by atoms with Gasteiger partial charge in [0.1, 0.15) is 0 Å². The fourth-order valence-corrected chi connectivity index (χ4v) is 0.854. The number of hydrogen-bond donors (Lipinski definition) is 0. The Hall–Kier alpha value is -0.218. The van der Waals surface area contributed by atoms with Crippen molar-refractivity contribution >= 4 is 35.0 Å². The molecular weight excluding hydrogens is 159 g/mol. The molecule has 0 saturated heterocycles. The standard InChI is InChI=1S/C8H7Cl.Al/c1-2-7-5-3-4-6-8(7)9;/h2-6H,1H2;. The molecule has 0 aliphatic rings. The normalized spacial score (nSPS) is 8.10. The highest BCUT2D eigenvalue weighted by atomic mass is 35.5. The molecule has 0 atom stereocenters. The van der Waals surface area contributed by atoms with E-state index in [-0.39, 0.29) is 17.4 Å². The molecular formula is C8H7AlCl. The second-order valence-corrected chi connectivity index (χ2v) is 2.13. The topological polar surface area (TPSA) is 0 Å². The molecule has 0 amide bonds. The van der Waals surface area contributed by atoms with Gasteiger partial charge < -0.3 is 0 Å². The van der Waals surface area contributed by atoms with Crippen molar-refractivity contribution in [3.05, 3.63) is 41.4 Å². The van der Waals surface area contributed by atoms with Crippen LogP contribution in [-0.2, 0) is 0 Å². The molecule has 0 nitrogen and oxygen atoms in total. The Bertz CT molecular complexity index is 220. The Morgan fingerprint density at radius 1 is 1.30 bits per heavy atom. The summed E-state index contributed by atoms with van der Waals surface area (Å²) in [5.41, 5.74) is 0.985. The summed E-state index contributed by atoms with van der Waals surface area (Å²) in [5, 5.41) is 0.757. The molecule has 0 aromatic heterocycles. The summed E-state index contributed by atoms with van der Waals surface area (Å²) < 4.78 is 0. The maximum absolute atomic E-state index is 5.75. The van der Waals surface area contributed by atoms with Crippen LogP contribution in [0, 0.1) is 0 Å². The van der Waals surface area contributed by atoms with Gasteiger partial charge in [0.05, 0.1) is 0 Å². The molecule has 10 heavy (non-hydrogen) atoms. The van der Waals surface area contributed by atoms with Crippen LogP contribution in [0.25, 0.3) is 6.08 Å². The van der Waals surface area contributed by atoms with Crippen LogP contribution in [0.3, 0.4) is 0 Å². The summed E-state index contributed by atoms with van der Waals surface area (Å²) in [4.78, 5) is 0. The first-order valence-electron chi connectivity index (χ1n) is 2.71. The Morgan fingerprint density at radius 2 is 1.90 bits per heavy atom. The van der Waals surface area contributed by atoms with Gasteiger partial charge in [0, 0.05) is 22.4 Å². The zero-order valence-electron chi connectivity index (χ0n) is 5.55. The average molecular weight is 166 g/mol. The van der Waals surface area contributed by atoms with Gasteiger partial charge in [-0.25, -0.2) is 0 Å². The summed E-state index contributed by atoms with van der Waals surface area (Å²) in [6.07, 6.45) is 1.74. The molecule has 1 aromatic carbocycles. The molecule has 1 aromatic rings. The minimum atomic E-state index is 0. The molecule has 49 valence electrons. The van der Waals surface area contributed by atoms with Gasteiger partial charge in [-0.3, -0.25) is 0 Å². The zero-order valence-corrected chi connectivity index (χ0v) is 7.46. The van der Waals surface area contributed by atoms with E-state index >= 15 is 0 Å². The third kappa shape index (κ3) is 2.19. The monoisotopic (exact) mass is 165 g/mol. The van der Waals surface area contributed by atoms with E-state index in [1.54, 1.807) is 6.08 Å². The quantitative estimate of drug-likeness (QED) is 0.562. The lowest BCUT2D eigenvalue weighted by Crippen LogP contribution is -1.69. The molecule has 0 unspecified atom stereocenters. The Kier molecular flexibility index (Phi) is 4.48. The maximum atomic E-state index is 5.75. The SMILES string of the molecule is C=Cc1ccccc1Cl.[Al]. The average Bonchev–Trinajstić information content (AvgIpc) is 1.89. The van der Waals surface area contributed by atoms with Crippen molar-refractivity contribution in [2.45, 2.75) is 0 Å². The predicted octanol–water partition coefficient (Wildman–Crippen LogP) is 2.60. The predicted molar refractivity (Wildman–Crippen MR) is 47.3 cm³/mol. The van der Waals surface area contributed by atoms with Gasteiger partial charge in [-0.1, -0.05) is 42.5 Å². The Morgan fingerprint density at radius 3 is 2.30 bits per heavy atom. The zero-order chi connectivity index (χ0) is 6.69. The van der Waals surface area contributed by atoms with Crippen molar-refractivity contribution in [3.63, 3.8) is 0 Å². The van der Waals surface area contributed by atoms with Crippen molar-refractivity contribution in [1.82, 2.24) is 0 Å². The number of benzene rings is 1. The van der Waals surface area contributed by atoms with E-state index < -0.39 is 0 Å². The van der Waals surface area contributed by atoms with Crippen LogP contribution < -0.4 is 0 Å². The van der Waals surface area contributed by atoms with Crippen LogP contribution in [0.2, 0.25) is 5.02 Å². The first kappa shape index (κ1) is 9.78. The first-order valence-corrected chi connectivity index (χ1v) is 3.09. The summed E-state index contributed by atoms with van der Waals surface area (Å²) in [6, 6.07) is 7.60. The number of rotatable bonds is 1. The first-order chi connectivity index (χ1) is 4.34. The van der Waals surface area contributed by atoms with E-state index in [0.29, 0.717) is 0 Å². The molecule has 0 spiro atoms. The van der Waals surface area contributed by atoms with Crippen LogP contribution in [0.15, 0.2) is 30.8 Å². The van der Waals surface area contributed by atoms with E-state index in [1.165, 1.54) is 0 Å². The molecule has 2 heteroatoms. The van der Waals surface area contributed by atoms with Crippen LogP contribution in [0.1, 0.15) is 5.56 Å². The van der Waals surface area contributed by atoms with Crippen molar-refractivity contribution in [2.75, 3.05) is 0 Å². The van der Waals surface area contributed by atoms with Gasteiger partial charge in [-0.15, -0.1) is 0 Å².